The van der Waals surface area contributed by atoms with E-state index in [1.54, 1.807) is 0 Å². The van der Waals surface area contributed by atoms with Crippen molar-refractivity contribution in [2.45, 2.75) is 6.54 Å². The highest BCUT2D eigenvalue weighted by Crippen LogP contribution is 2.27. The first-order valence-corrected chi connectivity index (χ1v) is 4.98. The predicted molar refractivity (Wildman–Crippen MR) is 65.9 cm³/mol. The van der Waals surface area contributed by atoms with E-state index in [9.17, 15) is 0 Å². The zero-order chi connectivity index (χ0) is 10.7. The van der Waals surface area contributed by atoms with Gasteiger partial charge in [-0.1, -0.05) is 30.3 Å². The molecule has 0 unspecified atom stereocenters. The summed E-state index contributed by atoms with van der Waals surface area (Å²) in [6, 6.07) is 12.4. The number of hydrogen-bond acceptors (Lipinski definition) is 2. The van der Waals surface area contributed by atoms with Gasteiger partial charge in [-0.2, -0.15) is 0 Å². The molecule has 2 aromatic carbocycles. The zero-order valence-electron chi connectivity index (χ0n) is 8.83. The smallest absolute Gasteiger partial charge is 0.0673 e. The quantitative estimate of drug-likeness (QED) is 0.753. The van der Waals surface area contributed by atoms with Gasteiger partial charge in [-0.15, -0.1) is 0 Å². The molecular formula is C13H14N2. The molecule has 2 rings (SSSR count). The molecule has 0 aliphatic rings. The highest BCUT2D eigenvalue weighted by Gasteiger charge is 2.04. The Balaban J connectivity index is 2.72. The van der Waals surface area contributed by atoms with Crippen LogP contribution >= 0.6 is 0 Å². The molecule has 0 aliphatic carbocycles. The van der Waals surface area contributed by atoms with Crippen LogP contribution in [0.3, 0.4) is 0 Å². The normalized spacial score (nSPS) is 10.5. The second-order valence-corrected chi connectivity index (χ2v) is 3.47. The summed E-state index contributed by atoms with van der Waals surface area (Å²) in [6.45, 7) is 4.42. The molecule has 0 heterocycles. The van der Waals surface area contributed by atoms with Crippen molar-refractivity contribution in [3.8, 4) is 0 Å². The van der Waals surface area contributed by atoms with Crippen LogP contribution in [0.2, 0.25) is 0 Å². The van der Waals surface area contributed by atoms with Gasteiger partial charge in [-0.05, 0) is 36.2 Å². The minimum absolute atomic E-state index is 0.815. The molecule has 0 radical (unpaired) electrons. The molecule has 0 saturated carbocycles. The molecule has 0 bridgehead atoms. The summed E-state index contributed by atoms with van der Waals surface area (Å²) in [4.78, 5) is 4.05. The second-order valence-electron chi connectivity index (χ2n) is 3.47. The Morgan fingerprint density at radius 3 is 2.73 bits per heavy atom. The fourth-order valence-electron chi connectivity index (χ4n) is 1.84. The second kappa shape index (κ2) is 4.24. The Labute approximate surface area is 89.7 Å². The third-order valence-corrected chi connectivity index (χ3v) is 2.54. The molecule has 2 heteroatoms. The van der Waals surface area contributed by atoms with Gasteiger partial charge in [-0.25, -0.2) is 0 Å². The van der Waals surface area contributed by atoms with Crippen LogP contribution in [0, 0.1) is 0 Å². The minimum atomic E-state index is 0.815. The van der Waals surface area contributed by atoms with E-state index in [1.807, 2.05) is 25.2 Å². The van der Waals surface area contributed by atoms with Gasteiger partial charge in [-0.3, -0.25) is 4.99 Å². The summed E-state index contributed by atoms with van der Waals surface area (Å²) in [5, 5.41) is 5.66. The number of benzene rings is 2. The largest absolute Gasteiger partial charge is 0.316 e. The van der Waals surface area contributed by atoms with E-state index < -0.39 is 0 Å². The Morgan fingerprint density at radius 2 is 2.00 bits per heavy atom. The lowest BCUT2D eigenvalue weighted by Gasteiger charge is -2.09. The van der Waals surface area contributed by atoms with Gasteiger partial charge < -0.3 is 5.32 Å². The van der Waals surface area contributed by atoms with Crippen molar-refractivity contribution in [2.75, 3.05) is 7.05 Å². The molecular weight excluding hydrogens is 184 g/mol. The summed E-state index contributed by atoms with van der Waals surface area (Å²) in [5.41, 5.74) is 2.17. The lowest BCUT2D eigenvalue weighted by molar-refractivity contribution is 0.824. The fraction of sp³-hybridized carbons (Fsp3) is 0.154. The third-order valence-electron chi connectivity index (χ3n) is 2.54. The summed E-state index contributed by atoms with van der Waals surface area (Å²) in [5.74, 6) is 0. The summed E-state index contributed by atoms with van der Waals surface area (Å²) < 4.78 is 0. The number of nitrogens with one attached hydrogen (secondary N) is 1. The van der Waals surface area contributed by atoms with E-state index in [0.29, 0.717) is 0 Å². The van der Waals surface area contributed by atoms with Crippen molar-refractivity contribution >= 4 is 23.2 Å². The topological polar surface area (TPSA) is 24.4 Å². The highest BCUT2D eigenvalue weighted by atomic mass is 14.8. The Morgan fingerprint density at radius 1 is 1.20 bits per heavy atom. The predicted octanol–water partition coefficient (Wildman–Crippen LogP) is 2.89. The number of rotatable bonds is 3. The highest BCUT2D eigenvalue weighted by molar-refractivity contribution is 5.89. The van der Waals surface area contributed by atoms with Gasteiger partial charge in [0.1, 0.15) is 0 Å². The van der Waals surface area contributed by atoms with Crippen LogP contribution in [0.25, 0.3) is 10.8 Å². The van der Waals surface area contributed by atoms with Crippen LogP contribution in [0.5, 0.6) is 0 Å². The molecule has 1 N–H and O–H groups in total. The molecule has 76 valence electrons. The van der Waals surface area contributed by atoms with Gasteiger partial charge in [0, 0.05) is 6.54 Å². The number of nitrogens with zero attached hydrogens (tertiary/aromatic N) is 1. The Kier molecular flexibility index (Phi) is 2.79. The SMILES string of the molecule is C=Nc1ccc2ccccc2c1CNC. The number of hydrogen-bond donors (Lipinski definition) is 1. The summed E-state index contributed by atoms with van der Waals surface area (Å²) in [6.07, 6.45) is 0. The van der Waals surface area contributed by atoms with Gasteiger partial charge in [0.05, 0.1) is 5.69 Å². The molecule has 0 spiro atoms. The van der Waals surface area contributed by atoms with Crippen LogP contribution < -0.4 is 5.32 Å². The van der Waals surface area contributed by atoms with Crippen molar-refractivity contribution in [1.29, 1.82) is 0 Å². The first kappa shape index (κ1) is 9.87. The average Bonchev–Trinajstić information content (AvgIpc) is 2.30. The maximum absolute atomic E-state index is 4.05. The number of aliphatic imine (C=N–C) groups is 1. The maximum atomic E-state index is 4.05. The van der Waals surface area contributed by atoms with Crippen molar-refractivity contribution in [2.24, 2.45) is 4.99 Å². The van der Waals surface area contributed by atoms with E-state index in [0.717, 1.165) is 12.2 Å². The summed E-state index contributed by atoms with van der Waals surface area (Å²) >= 11 is 0. The Hall–Kier alpha value is -1.67. The van der Waals surface area contributed by atoms with E-state index >= 15 is 0 Å². The van der Waals surface area contributed by atoms with Crippen LogP contribution in [-0.4, -0.2) is 13.8 Å². The molecule has 0 saturated heterocycles. The summed E-state index contributed by atoms with van der Waals surface area (Å²) in [7, 11) is 1.94. The fourth-order valence-corrected chi connectivity index (χ4v) is 1.84. The third kappa shape index (κ3) is 1.76. The van der Waals surface area contributed by atoms with Crippen LogP contribution in [0.15, 0.2) is 41.4 Å². The molecule has 15 heavy (non-hydrogen) atoms. The van der Waals surface area contributed by atoms with Crippen molar-refractivity contribution in [3.05, 3.63) is 42.0 Å². The molecule has 2 aromatic rings. The Bertz CT molecular complexity index is 489. The maximum Gasteiger partial charge on any atom is 0.0673 e. The van der Waals surface area contributed by atoms with Gasteiger partial charge in [0.25, 0.3) is 0 Å². The van der Waals surface area contributed by atoms with Crippen LogP contribution in [-0.2, 0) is 6.54 Å². The first-order valence-electron chi connectivity index (χ1n) is 4.98. The molecule has 0 atom stereocenters. The van der Waals surface area contributed by atoms with Crippen molar-refractivity contribution < 1.29 is 0 Å². The van der Waals surface area contributed by atoms with Crippen molar-refractivity contribution in [1.82, 2.24) is 5.32 Å². The van der Waals surface area contributed by atoms with Gasteiger partial charge in [0.15, 0.2) is 0 Å². The molecule has 0 aliphatic heterocycles. The standard InChI is InChI=1S/C13H14N2/c1-14-9-12-11-6-4-3-5-10(11)7-8-13(12)15-2/h3-8,14H,2,9H2,1H3. The average molecular weight is 198 g/mol. The zero-order valence-corrected chi connectivity index (χ0v) is 8.83. The van der Waals surface area contributed by atoms with E-state index in [-0.39, 0.29) is 0 Å². The first-order chi connectivity index (χ1) is 7.36. The van der Waals surface area contributed by atoms with E-state index in [1.165, 1.54) is 16.3 Å². The van der Waals surface area contributed by atoms with Gasteiger partial charge in [0.2, 0.25) is 0 Å². The lowest BCUT2D eigenvalue weighted by atomic mass is 10.0. The van der Waals surface area contributed by atoms with Crippen LogP contribution in [0.4, 0.5) is 5.69 Å². The van der Waals surface area contributed by atoms with Crippen molar-refractivity contribution in [3.63, 3.8) is 0 Å². The molecule has 0 amide bonds. The lowest BCUT2D eigenvalue weighted by Crippen LogP contribution is -2.05. The number of fused-ring (bicyclic) bond motifs is 1. The van der Waals surface area contributed by atoms with Crippen LogP contribution in [0.1, 0.15) is 5.56 Å². The molecule has 0 aromatic heterocycles. The minimum Gasteiger partial charge on any atom is -0.316 e. The van der Waals surface area contributed by atoms with Gasteiger partial charge >= 0.3 is 0 Å². The molecule has 2 nitrogen and oxygen atoms in total. The van der Waals surface area contributed by atoms with E-state index in [2.05, 4.69) is 35.2 Å². The monoisotopic (exact) mass is 198 g/mol. The van der Waals surface area contributed by atoms with E-state index in [4.69, 9.17) is 0 Å². The molecule has 0 fully saturated rings.